The Morgan fingerprint density at radius 2 is 2.12 bits per heavy atom. The highest BCUT2D eigenvalue weighted by atomic mass is 16.6. The van der Waals surface area contributed by atoms with Gasteiger partial charge in [0.2, 0.25) is 0 Å². The molecule has 0 atom stereocenters. The largest absolute Gasteiger partial charge is 0.496 e. The molecule has 5 nitrogen and oxygen atoms in total. The van der Waals surface area contributed by atoms with E-state index in [1.165, 1.54) is 13.2 Å². The number of aryl methyl sites for hydroxylation is 1. The van der Waals surface area contributed by atoms with Crippen LogP contribution in [-0.2, 0) is 0 Å². The van der Waals surface area contributed by atoms with Crippen LogP contribution in [0.15, 0.2) is 24.3 Å². The van der Waals surface area contributed by atoms with Crippen LogP contribution in [-0.4, -0.2) is 17.0 Å². The number of nitro benzene ring substituents is 1. The van der Waals surface area contributed by atoms with Crippen LogP contribution in [0.2, 0.25) is 0 Å². The van der Waals surface area contributed by atoms with Crippen molar-refractivity contribution in [2.75, 3.05) is 7.11 Å². The number of pyridine rings is 1. The van der Waals surface area contributed by atoms with Gasteiger partial charge in [-0.2, -0.15) is 0 Å². The van der Waals surface area contributed by atoms with E-state index in [-0.39, 0.29) is 5.69 Å². The lowest BCUT2D eigenvalue weighted by atomic mass is 10.1. The number of fused-ring (bicyclic) bond motifs is 1. The number of nitrogens with zero attached hydrogens (tertiary/aromatic N) is 2. The summed E-state index contributed by atoms with van der Waals surface area (Å²) >= 11 is 0. The molecule has 5 heteroatoms. The Labute approximate surface area is 91.8 Å². The van der Waals surface area contributed by atoms with Crippen LogP contribution in [0.4, 0.5) is 5.69 Å². The fourth-order valence-electron chi connectivity index (χ4n) is 1.54. The maximum Gasteiger partial charge on any atom is 0.299 e. The molecule has 0 saturated heterocycles. The maximum absolute atomic E-state index is 10.9. The van der Waals surface area contributed by atoms with E-state index in [1.807, 2.05) is 6.07 Å². The second-order valence-corrected chi connectivity index (χ2v) is 3.43. The van der Waals surface area contributed by atoms with Gasteiger partial charge in [0.25, 0.3) is 5.69 Å². The molecule has 0 spiro atoms. The number of non-ortho nitro benzene ring substituents is 1. The first-order valence-electron chi connectivity index (χ1n) is 4.71. The average molecular weight is 218 g/mol. The van der Waals surface area contributed by atoms with Gasteiger partial charge in [-0.15, -0.1) is 0 Å². The number of nitro groups is 1. The van der Waals surface area contributed by atoms with Gasteiger partial charge in [0.1, 0.15) is 11.3 Å². The van der Waals surface area contributed by atoms with Gasteiger partial charge in [-0.25, -0.2) is 4.98 Å². The van der Waals surface area contributed by atoms with Crippen LogP contribution in [0, 0.1) is 17.0 Å². The monoisotopic (exact) mass is 218 g/mol. The second kappa shape index (κ2) is 3.77. The summed E-state index contributed by atoms with van der Waals surface area (Å²) in [6, 6.07) is 6.72. The van der Waals surface area contributed by atoms with Crippen molar-refractivity contribution in [2.45, 2.75) is 6.92 Å². The topological polar surface area (TPSA) is 65.3 Å². The van der Waals surface area contributed by atoms with Crippen LogP contribution in [0.25, 0.3) is 10.9 Å². The van der Waals surface area contributed by atoms with E-state index in [4.69, 9.17) is 4.74 Å². The summed E-state index contributed by atoms with van der Waals surface area (Å²) in [6.45, 7) is 1.80. The average Bonchev–Trinajstić information content (AvgIpc) is 2.27. The molecule has 0 saturated carbocycles. The van der Waals surface area contributed by atoms with Crippen molar-refractivity contribution in [1.29, 1.82) is 0 Å². The summed E-state index contributed by atoms with van der Waals surface area (Å²) in [5, 5.41) is 11.6. The van der Waals surface area contributed by atoms with Gasteiger partial charge in [-0.1, -0.05) is 6.07 Å². The van der Waals surface area contributed by atoms with E-state index in [1.54, 1.807) is 19.1 Å². The molecular weight excluding hydrogens is 208 g/mol. The number of rotatable bonds is 2. The van der Waals surface area contributed by atoms with E-state index in [9.17, 15) is 10.1 Å². The number of hydrogen-bond acceptors (Lipinski definition) is 4. The highest BCUT2D eigenvalue weighted by Crippen LogP contribution is 2.29. The van der Waals surface area contributed by atoms with Gasteiger partial charge in [0, 0.05) is 11.1 Å². The standard InChI is InChI=1S/C11H10N2O3/c1-7-3-4-8-5-9(16-2)6-10(13(14)15)11(8)12-7/h3-6H,1-2H3. The lowest BCUT2D eigenvalue weighted by Crippen LogP contribution is -1.94. The zero-order valence-corrected chi connectivity index (χ0v) is 8.93. The number of ether oxygens (including phenoxy) is 1. The van der Waals surface area contributed by atoms with E-state index < -0.39 is 4.92 Å². The van der Waals surface area contributed by atoms with E-state index in [0.717, 1.165) is 5.69 Å². The Balaban J connectivity index is 2.82. The van der Waals surface area contributed by atoms with Gasteiger partial charge in [0.15, 0.2) is 0 Å². The molecule has 0 amide bonds. The molecule has 1 heterocycles. The summed E-state index contributed by atoms with van der Waals surface area (Å²) in [5.41, 5.74) is 1.12. The lowest BCUT2D eigenvalue weighted by Gasteiger charge is -2.04. The SMILES string of the molecule is COc1cc([N+](=O)[O-])c2nc(C)ccc2c1. The van der Waals surface area contributed by atoms with Gasteiger partial charge in [-0.3, -0.25) is 10.1 Å². The molecule has 1 aromatic carbocycles. The van der Waals surface area contributed by atoms with E-state index in [0.29, 0.717) is 16.7 Å². The molecule has 0 aliphatic rings. The summed E-state index contributed by atoms with van der Waals surface area (Å²) in [6.07, 6.45) is 0. The maximum atomic E-state index is 10.9. The van der Waals surface area contributed by atoms with Gasteiger partial charge in [0.05, 0.1) is 18.1 Å². The number of hydrogen-bond donors (Lipinski definition) is 0. The van der Waals surface area contributed by atoms with E-state index >= 15 is 0 Å². The lowest BCUT2D eigenvalue weighted by molar-refractivity contribution is -0.383. The van der Waals surface area contributed by atoms with Crippen molar-refractivity contribution in [1.82, 2.24) is 4.98 Å². The fourth-order valence-corrected chi connectivity index (χ4v) is 1.54. The predicted octanol–water partition coefficient (Wildman–Crippen LogP) is 2.46. The van der Waals surface area contributed by atoms with Crippen LogP contribution in [0.3, 0.4) is 0 Å². The highest BCUT2D eigenvalue weighted by molar-refractivity contribution is 5.88. The molecule has 0 radical (unpaired) electrons. The highest BCUT2D eigenvalue weighted by Gasteiger charge is 2.15. The minimum atomic E-state index is -0.447. The first-order valence-corrected chi connectivity index (χ1v) is 4.71. The molecule has 0 N–H and O–H groups in total. The zero-order chi connectivity index (χ0) is 11.7. The minimum Gasteiger partial charge on any atom is -0.496 e. The van der Waals surface area contributed by atoms with Gasteiger partial charge >= 0.3 is 0 Å². The third-order valence-electron chi connectivity index (χ3n) is 2.32. The molecule has 2 rings (SSSR count). The number of aromatic nitrogens is 1. The summed E-state index contributed by atoms with van der Waals surface area (Å²) < 4.78 is 5.01. The van der Waals surface area contributed by atoms with Crippen molar-refractivity contribution in [3.63, 3.8) is 0 Å². The van der Waals surface area contributed by atoms with Crippen LogP contribution in [0.1, 0.15) is 5.69 Å². The Morgan fingerprint density at radius 1 is 1.38 bits per heavy atom. The summed E-state index contributed by atoms with van der Waals surface area (Å²) in [5.74, 6) is 0.463. The Bertz CT molecular complexity index is 566. The molecule has 0 aliphatic heterocycles. The fraction of sp³-hybridized carbons (Fsp3) is 0.182. The Kier molecular flexibility index (Phi) is 2.44. The molecule has 2 aromatic rings. The van der Waals surface area contributed by atoms with Gasteiger partial charge < -0.3 is 4.74 Å². The quantitative estimate of drug-likeness (QED) is 0.573. The van der Waals surface area contributed by atoms with Crippen LogP contribution in [0.5, 0.6) is 5.75 Å². The first kappa shape index (κ1) is 10.4. The van der Waals surface area contributed by atoms with Crippen LogP contribution >= 0.6 is 0 Å². The normalized spacial score (nSPS) is 10.4. The number of benzene rings is 1. The molecule has 0 bridgehead atoms. The first-order chi connectivity index (χ1) is 7.61. The summed E-state index contributed by atoms with van der Waals surface area (Å²) in [4.78, 5) is 14.6. The van der Waals surface area contributed by atoms with Crippen molar-refractivity contribution >= 4 is 16.6 Å². The van der Waals surface area contributed by atoms with Crippen LogP contribution < -0.4 is 4.74 Å². The van der Waals surface area contributed by atoms with Gasteiger partial charge in [-0.05, 0) is 19.1 Å². The molecule has 82 valence electrons. The smallest absolute Gasteiger partial charge is 0.299 e. The molecule has 1 aromatic heterocycles. The number of methoxy groups -OCH3 is 1. The predicted molar refractivity (Wildman–Crippen MR) is 59.7 cm³/mol. The molecule has 16 heavy (non-hydrogen) atoms. The molecule has 0 aliphatic carbocycles. The van der Waals surface area contributed by atoms with Crippen molar-refractivity contribution in [3.8, 4) is 5.75 Å². The zero-order valence-electron chi connectivity index (χ0n) is 8.93. The van der Waals surface area contributed by atoms with Crippen molar-refractivity contribution < 1.29 is 9.66 Å². The third kappa shape index (κ3) is 1.67. The summed E-state index contributed by atoms with van der Waals surface area (Å²) in [7, 11) is 1.48. The Hall–Kier alpha value is -2.17. The second-order valence-electron chi connectivity index (χ2n) is 3.43. The molecular formula is C11H10N2O3. The minimum absolute atomic E-state index is 0.0296. The molecule has 0 unspecified atom stereocenters. The van der Waals surface area contributed by atoms with E-state index in [2.05, 4.69) is 4.98 Å². The van der Waals surface area contributed by atoms with Crippen molar-refractivity contribution in [2.24, 2.45) is 0 Å². The third-order valence-corrected chi connectivity index (χ3v) is 2.32. The molecule has 0 fully saturated rings. The van der Waals surface area contributed by atoms with Crippen molar-refractivity contribution in [3.05, 3.63) is 40.1 Å². The Morgan fingerprint density at radius 3 is 2.75 bits per heavy atom.